The summed E-state index contributed by atoms with van der Waals surface area (Å²) >= 11 is 0. The van der Waals surface area contributed by atoms with Crippen molar-refractivity contribution >= 4 is 16.2 Å². The quantitative estimate of drug-likeness (QED) is 0.664. The molecular weight excluding hydrogens is 336 g/mol. The Bertz CT molecular complexity index is 845. The molecule has 25 heavy (non-hydrogen) atoms. The van der Waals surface area contributed by atoms with Crippen LogP contribution in [0.3, 0.4) is 0 Å². The highest BCUT2D eigenvalue weighted by Crippen LogP contribution is 2.70. The maximum absolute atomic E-state index is 12.8. The number of rotatable bonds is 3. The molecule has 2 aliphatic carbocycles. The van der Waals surface area contributed by atoms with E-state index in [2.05, 4.69) is 18.8 Å². The van der Waals surface area contributed by atoms with Gasteiger partial charge in [-0.1, -0.05) is 44.2 Å². The molecule has 3 aliphatic rings. The summed E-state index contributed by atoms with van der Waals surface area (Å²) in [6.45, 7) is 4.38. The first-order valence-electron chi connectivity index (χ1n) is 8.77. The standard InChI is InChI=1S/C19H24N2O3S/c1-18(2)15-8-9-19(18)13-25(23,24)21(16(19)10-15)17(22)12-20-11-14-6-4-3-5-7-14/h3-7,11-12,15-16,22H,8-10,13H2,1-2H3/b17-12-,20-11?/t15-,16-,19-/m0/s1. The predicted molar refractivity (Wildman–Crippen MR) is 97.7 cm³/mol. The SMILES string of the molecule is CC1(C)[C@H]2CC[C@@]13CS(=O)(=O)N(/C(O)=C/N=Cc1ccccc1)[C@H]3C2. The second-order valence-electron chi connectivity index (χ2n) is 8.09. The van der Waals surface area contributed by atoms with Crippen LogP contribution in [-0.4, -0.2) is 35.8 Å². The maximum Gasteiger partial charge on any atom is 0.238 e. The number of fused-ring (bicyclic) bond motifs is 1. The van der Waals surface area contributed by atoms with E-state index in [1.165, 1.54) is 10.5 Å². The molecule has 3 atom stereocenters. The number of aliphatic imine (C=N–C) groups is 1. The molecule has 1 aromatic carbocycles. The van der Waals surface area contributed by atoms with E-state index in [9.17, 15) is 13.5 Å². The maximum atomic E-state index is 12.8. The van der Waals surface area contributed by atoms with Gasteiger partial charge in [0, 0.05) is 11.6 Å². The van der Waals surface area contributed by atoms with Crippen LogP contribution in [0.1, 0.15) is 38.7 Å². The van der Waals surface area contributed by atoms with E-state index in [1.807, 2.05) is 30.3 Å². The summed E-state index contributed by atoms with van der Waals surface area (Å²) in [6, 6.07) is 9.36. The fraction of sp³-hybridized carbons (Fsp3) is 0.526. The first-order chi connectivity index (χ1) is 11.8. The smallest absolute Gasteiger partial charge is 0.238 e. The van der Waals surface area contributed by atoms with Gasteiger partial charge in [-0.05, 0) is 36.2 Å². The first-order valence-corrected chi connectivity index (χ1v) is 10.4. The van der Waals surface area contributed by atoms with Crippen LogP contribution >= 0.6 is 0 Å². The average molecular weight is 360 g/mol. The minimum atomic E-state index is -3.51. The average Bonchev–Trinajstić information content (AvgIpc) is 3.03. The molecule has 3 fully saturated rings. The number of aliphatic hydroxyl groups excluding tert-OH is 1. The zero-order chi connectivity index (χ0) is 17.9. The summed E-state index contributed by atoms with van der Waals surface area (Å²) in [5.41, 5.74) is 0.641. The van der Waals surface area contributed by atoms with Gasteiger partial charge in [0.05, 0.1) is 18.0 Å². The van der Waals surface area contributed by atoms with E-state index in [0.29, 0.717) is 5.92 Å². The Balaban J connectivity index is 1.64. The van der Waals surface area contributed by atoms with Crippen LogP contribution in [0.5, 0.6) is 0 Å². The van der Waals surface area contributed by atoms with Crippen molar-refractivity contribution in [1.29, 1.82) is 0 Å². The predicted octanol–water partition coefficient (Wildman–Crippen LogP) is 3.30. The lowest BCUT2D eigenvalue weighted by atomic mass is 9.69. The summed E-state index contributed by atoms with van der Waals surface area (Å²) in [6.07, 6.45) is 5.70. The molecule has 5 nitrogen and oxygen atoms in total. The third-order valence-electron chi connectivity index (χ3n) is 6.85. The molecule has 1 saturated heterocycles. The Morgan fingerprint density at radius 2 is 2.04 bits per heavy atom. The Morgan fingerprint density at radius 3 is 2.72 bits per heavy atom. The highest BCUT2D eigenvalue weighted by Gasteiger charge is 2.71. The van der Waals surface area contributed by atoms with Crippen molar-refractivity contribution in [2.75, 3.05) is 5.75 Å². The molecule has 134 valence electrons. The van der Waals surface area contributed by atoms with Gasteiger partial charge in [-0.3, -0.25) is 4.99 Å². The molecule has 0 amide bonds. The molecule has 1 heterocycles. The van der Waals surface area contributed by atoms with E-state index in [0.717, 1.165) is 24.8 Å². The number of sulfonamides is 1. The second kappa shape index (κ2) is 5.34. The molecule has 2 saturated carbocycles. The van der Waals surface area contributed by atoms with Crippen LogP contribution in [0.2, 0.25) is 0 Å². The van der Waals surface area contributed by atoms with Crippen LogP contribution in [-0.2, 0) is 10.0 Å². The van der Waals surface area contributed by atoms with Crippen LogP contribution in [0.15, 0.2) is 47.4 Å². The fourth-order valence-corrected chi connectivity index (χ4v) is 7.88. The summed E-state index contributed by atoms with van der Waals surface area (Å²) in [5.74, 6) is 0.391. The molecule has 0 aromatic heterocycles. The third kappa shape index (κ3) is 2.26. The van der Waals surface area contributed by atoms with Crippen molar-refractivity contribution in [2.45, 2.75) is 39.2 Å². The van der Waals surface area contributed by atoms with Gasteiger partial charge in [-0.25, -0.2) is 12.7 Å². The number of hydrogen-bond donors (Lipinski definition) is 1. The molecule has 1 N–H and O–H groups in total. The van der Waals surface area contributed by atoms with Crippen molar-refractivity contribution in [3.05, 3.63) is 48.0 Å². The lowest BCUT2D eigenvalue weighted by molar-refractivity contribution is 0.106. The molecule has 1 aromatic rings. The van der Waals surface area contributed by atoms with Gasteiger partial charge in [0.15, 0.2) is 0 Å². The van der Waals surface area contributed by atoms with Gasteiger partial charge < -0.3 is 5.11 Å². The van der Waals surface area contributed by atoms with Crippen LogP contribution in [0, 0.1) is 16.7 Å². The van der Waals surface area contributed by atoms with Gasteiger partial charge in [0.25, 0.3) is 0 Å². The molecular formula is C19H24N2O3S. The normalized spacial score (nSPS) is 35.4. The minimum absolute atomic E-state index is 0.00687. The molecule has 6 heteroatoms. The van der Waals surface area contributed by atoms with E-state index < -0.39 is 10.0 Å². The van der Waals surface area contributed by atoms with Gasteiger partial charge in [0.2, 0.25) is 15.9 Å². The summed E-state index contributed by atoms with van der Waals surface area (Å²) < 4.78 is 26.8. The Kier molecular flexibility index (Phi) is 3.55. The third-order valence-corrected chi connectivity index (χ3v) is 8.77. The van der Waals surface area contributed by atoms with Crippen LogP contribution in [0.25, 0.3) is 0 Å². The number of aliphatic hydroxyl groups is 1. The van der Waals surface area contributed by atoms with Crippen molar-refractivity contribution in [2.24, 2.45) is 21.7 Å². The summed E-state index contributed by atoms with van der Waals surface area (Å²) in [5, 5.41) is 10.5. The monoisotopic (exact) mass is 360 g/mol. The zero-order valence-corrected chi connectivity index (χ0v) is 15.4. The van der Waals surface area contributed by atoms with Crippen LogP contribution in [0.4, 0.5) is 0 Å². The van der Waals surface area contributed by atoms with Gasteiger partial charge in [-0.2, -0.15) is 0 Å². The van der Waals surface area contributed by atoms with E-state index >= 15 is 0 Å². The van der Waals surface area contributed by atoms with Gasteiger partial charge >= 0.3 is 0 Å². The van der Waals surface area contributed by atoms with Gasteiger partial charge in [-0.15, -0.1) is 0 Å². The highest BCUT2D eigenvalue weighted by atomic mass is 32.2. The highest BCUT2D eigenvalue weighted by molar-refractivity contribution is 7.89. The number of hydrogen-bond acceptors (Lipinski definition) is 4. The topological polar surface area (TPSA) is 70.0 Å². The van der Waals surface area contributed by atoms with Crippen molar-refractivity contribution in [3.8, 4) is 0 Å². The fourth-order valence-electron chi connectivity index (χ4n) is 5.38. The minimum Gasteiger partial charge on any atom is -0.493 e. The summed E-state index contributed by atoms with van der Waals surface area (Å²) in [7, 11) is -3.51. The first kappa shape index (κ1) is 16.6. The molecule has 0 radical (unpaired) electrons. The largest absolute Gasteiger partial charge is 0.493 e. The second-order valence-corrected chi connectivity index (χ2v) is 9.94. The van der Waals surface area contributed by atoms with Crippen molar-refractivity contribution in [3.63, 3.8) is 0 Å². The van der Waals surface area contributed by atoms with E-state index in [4.69, 9.17) is 0 Å². The lowest BCUT2D eigenvalue weighted by Gasteiger charge is -2.37. The van der Waals surface area contributed by atoms with Crippen molar-refractivity contribution < 1.29 is 13.5 Å². The molecule has 4 rings (SSSR count). The van der Waals surface area contributed by atoms with E-state index in [1.54, 1.807) is 6.21 Å². The van der Waals surface area contributed by atoms with Crippen LogP contribution < -0.4 is 0 Å². The molecule has 2 bridgehead atoms. The Hall–Kier alpha value is -1.82. The van der Waals surface area contributed by atoms with Crippen molar-refractivity contribution in [1.82, 2.24) is 4.31 Å². The molecule has 0 unspecified atom stereocenters. The molecule has 1 spiro atoms. The Labute approximate surface area is 149 Å². The zero-order valence-electron chi connectivity index (χ0n) is 14.6. The number of benzene rings is 1. The van der Waals surface area contributed by atoms with Gasteiger partial charge in [0.1, 0.15) is 0 Å². The Morgan fingerprint density at radius 1 is 1.32 bits per heavy atom. The lowest BCUT2D eigenvalue weighted by Crippen LogP contribution is -2.41. The summed E-state index contributed by atoms with van der Waals surface area (Å²) in [4.78, 5) is 4.12. The number of nitrogens with zero attached hydrogens (tertiary/aromatic N) is 2. The molecule has 1 aliphatic heterocycles. The van der Waals surface area contributed by atoms with E-state index in [-0.39, 0.29) is 28.5 Å².